The number of hydrogen-bond acceptors (Lipinski definition) is 4. The van der Waals surface area contributed by atoms with Gasteiger partial charge in [0.15, 0.2) is 11.4 Å². The smallest absolute Gasteiger partial charge is 0.227 e. The molecule has 5 nitrogen and oxygen atoms in total. The van der Waals surface area contributed by atoms with E-state index in [4.69, 9.17) is 19.8 Å². The summed E-state index contributed by atoms with van der Waals surface area (Å²) in [4.78, 5) is 4.70. The van der Waals surface area contributed by atoms with Gasteiger partial charge in [-0.1, -0.05) is 66.7 Å². The minimum absolute atomic E-state index is 0.591. The van der Waals surface area contributed by atoms with Gasteiger partial charge in [0, 0.05) is 17.2 Å². The molecule has 2 heterocycles. The molecule has 0 amide bonds. The molecule has 0 aliphatic carbocycles. The molecule has 0 N–H and O–H groups in total. The third-order valence-corrected chi connectivity index (χ3v) is 5.19. The van der Waals surface area contributed by atoms with E-state index in [-0.39, 0.29) is 0 Å². The SMILES string of the molecule is c1ccc(C2=NN(c3ccccc3)c3cc4oc(-c5ccccc5)nc4cc3[N]2)cc1. The third kappa shape index (κ3) is 3.13. The Labute approximate surface area is 179 Å². The van der Waals surface area contributed by atoms with Gasteiger partial charge in [0.05, 0.1) is 17.1 Å². The Balaban J connectivity index is 1.51. The highest BCUT2D eigenvalue weighted by Crippen LogP contribution is 2.40. The maximum atomic E-state index is 6.09. The van der Waals surface area contributed by atoms with E-state index in [1.54, 1.807) is 0 Å². The first-order chi connectivity index (χ1) is 15.3. The first-order valence-electron chi connectivity index (χ1n) is 10.1. The van der Waals surface area contributed by atoms with Crippen LogP contribution in [0.2, 0.25) is 0 Å². The molecule has 0 fully saturated rings. The second kappa shape index (κ2) is 7.15. The van der Waals surface area contributed by atoms with Gasteiger partial charge in [0.2, 0.25) is 5.89 Å². The Morgan fingerprint density at radius 2 is 1.32 bits per heavy atom. The van der Waals surface area contributed by atoms with E-state index in [0.717, 1.165) is 33.7 Å². The molecule has 0 bridgehead atoms. The number of hydrogen-bond donors (Lipinski definition) is 0. The molecule has 5 aromatic rings. The number of amidine groups is 1. The molecule has 6 rings (SSSR count). The van der Waals surface area contributed by atoms with Crippen molar-refractivity contribution in [3.8, 4) is 11.5 Å². The van der Waals surface area contributed by atoms with Crippen LogP contribution in [0.3, 0.4) is 0 Å². The summed E-state index contributed by atoms with van der Waals surface area (Å²) >= 11 is 0. The average molecular weight is 401 g/mol. The molecule has 1 aliphatic rings. The van der Waals surface area contributed by atoms with Crippen LogP contribution in [0.4, 0.5) is 17.1 Å². The molecule has 4 aromatic carbocycles. The van der Waals surface area contributed by atoms with Gasteiger partial charge >= 0.3 is 0 Å². The Morgan fingerprint density at radius 1 is 0.677 bits per heavy atom. The van der Waals surface area contributed by atoms with Gasteiger partial charge in [-0.05, 0) is 30.3 Å². The molecule has 1 radical (unpaired) electrons. The normalized spacial score (nSPS) is 12.9. The number of nitrogens with zero attached hydrogens (tertiary/aromatic N) is 4. The fourth-order valence-electron chi connectivity index (χ4n) is 3.68. The maximum absolute atomic E-state index is 6.09. The highest BCUT2D eigenvalue weighted by molar-refractivity contribution is 6.06. The van der Waals surface area contributed by atoms with E-state index < -0.39 is 0 Å². The van der Waals surface area contributed by atoms with Gasteiger partial charge < -0.3 is 4.42 Å². The zero-order chi connectivity index (χ0) is 20.6. The number of para-hydroxylation sites is 1. The number of fused-ring (bicyclic) bond motifs is 2. The number of benzene rings is 4. The van der Waals surface area contributed by atoms with Crippen LogP contribution in [0, 0.1) is 0 Å². The lowest BCUT2D eigenvalue weighted by atomic mass is 10.1. The second-order valence-electron chi connectivity index (χ2n) is 7.24. The summed E-state index contributed by atoms with van der Waals surface area (Å²) in [5.74, 6) is 1.25. The van der Waals surface area contributed by atoms with Crippen LogP contribution >= 0.6 is 0 Å². The molecule has 31 heavy (non-hydrogen) atoms. The van der Waals surface area contributed by atoms with Crippen LogP contribution in [-0.4, -0.2) is 10.8 Å². The number of anilines is 2. The van der Waals surface area contributed by atoms with Crippen LogP contribution in [0.5, 0.6) is 0 Å². The van der Waals surface area contributed by atoms with Crippen molar-refractivity contribution < 1.29 is 4.42 Å². The largest absolute Gasteiger partial charge is 0.436 e. The lowest BCUT2D eigenvalue weighted by Gasteiger charge is -2.27. The summed E-state index contributed by atoms with van der Waals surface area (Å²) in [6.45, 7) is 0. The summed E-state index contributed by atoms with van der Waals surface area (Å²) in [5, 5.41) is 11.6. The first kappa shape index (κ1) is 17.5. The van der Waals surface area contributed by atoms with Crippen molar-refractivity contribution >= 4 is 34.0 Å². The standard InChI is InChI=1S/C26H17N4O/c1-4-10-18(11-5-1)25-27-21-16-22-24(31-26(28-22)19-12-6-2-7-13-19)17-23(21)30(29-25)20-14-8-3-9-15-20/h1-17H. The topological polar surface area (TPSA) is 55.7 Å². The maximum Gasteiger partial charge on any atom is 0.227 e. The van der Waals surface area contributed by atoms with Crippen LogP contribution in [-0.2, 0) is 0 Å². The molecule has 0 atom stereocenters. The van der Waals surface area contributed by atoms with E-state index in [9.17, 15) is 0 Å². The van der Waals surface area contributed by atoms with Crippen molar-refractivity contribution in [2.24, 2.45) is 5.10 Å². The molecule has 147 valence electrons. The van der Waals surface area contributed by atoms with Gasteiger partial charge in [0.25, 0.3) is 0 Å². The van der Waals surface area contributed by atoms with Gasteiger partial charge in [-0.25, -0.2) is 15.3 Å². The van der Waals surface area contributed by atoms with E-state index in [1.165, 1.54) is 0 Å². The molecular formula is C26H17N4O. The molecule has 0 spiro atoms. The van der Waals surface area contributed by atoms with Crippen molar-refractivity contribution in [3.05, 3.63) is 109 Å². The van der Waals surface area contributed by atoms with Gasteiger partial charge in [-0.15, -0.1) is 5.10 Å². The van der Waals surface area contributed by atoms with Crippen molar-refractivity contribution in [1.82, 2.24) is 10.3 Å². The van der Waals surface area contributed by atoms with Crippen LogP contribution in [0.25, 0.3) is 22.6 Å². The number of rotatable bonds is 3. The summed E-state index contributed by atoms with van der Waals surface area (Å²) in [6.07, 6.45) is 0. The number of aromatic nitrogens is 1. The molecule has 0 unspecified atom stereocenters. The van der Waals surface area contributed by atoms with E-state index >= 15 is 0 Å². The molecule has 1 aromatic heterocycles. The lowest BCUT2D eigenvalue weighted by molar-refractivity contribution is 0.620. The minimum atomic E-state index is 0.591. The molecule has 0 saturated heterocycles. The molecule has 5 heteroatoms. The Bertz CT molecular complexity index is 1390. The Kier molecular flexibility index (Phi) is 4.03. The summed E-state index contributed by atoms with van der Waals surface area (Å²) in [5.41, 5.74) is 5.98. The van der Waals surface area contributed by atoms with Crippen molar-refractivity contribution in [2.75, 3.05) is 5.01 Å². The summed E-state index contributed by atoms with van der Waals surface area (Å²) in [7, 11) is 0. The van der Waals surface area contributed by atoms with Crippen molar-refractivity contribution in [1.29, 1.82) is 0 Å². The van der Waals surface area contributed by atoms with Crippen LogP contribution in [0.15, 0.2) is 113 Å². The monoisotopic (exact) mass is 401 g/mol. The van der Waals surface area contributed by atoms with Crippen molar-refractivity contribution in [3.63, 3.8) is 0 Å². The lowest BCUT2D eigenvalue weighted by Crippen LogP contribution is -2.25. The molecule has 0 saturated carbocycles. The summed E-state index contributed by atoms with van der Waals surface area (Å²) < 4.78 is 6.09. The average Bonchev–Trinajstić information content (AvgIpc) is 3.26. The zero-order valence-corrected chi connectivity index (χ0v) is 16.5. The number of oxazole rings is 1. The second-order valence-corrected chi connectivity index (χ2v) is 7.24. The van der Waals surface area contributed by atoms with Gasteiger partial charge in [0.1, 0.15) is 5.52 Å². The fraction of sp³-hybridized carbons (Fsp3) is 0. The van der Waals surface area contributed by atoms with Crippen molar-refractivity contribution in [2.45, 2.75) is 0 Å². The zero-order valence-electron chi connectivity index (χ0n) is 16.5. The fourth-order valence-corrected chi connectivity index (χ4v) is 3.68. The van der Waals surface area contributed by atoms with E-state index in [2.05, 4.69) is 0 Å². The quantitative estimate of drug-likeness (QED) is 0.359. The first-order valence-corrected chi connectivity index (χ1v) is 10.1. The van der Waals surface area contributed by atoms with E-state index in [0.29, 0.717) is 17.3 Å². The van der Waals surface area contributed by atoms with E-state index in [1.807, 2.05) is 108 Å². The van der Waals surface area contributed by atoms with Crippen LogP contribution < -0.4 is 10.3 Å². The number of hydrazone groups is 1. The Hall–Kier alpha value is -4.38. The molecular weight excluding hydrogens is 384 g/mol. The minimum Gasteiger partial charge on any atom is -0.436 e. The predicted molar refractivity (Wildman–Crippen MR) is 123 cm³/mol. The highest BCUT2D eigenvalue weighted by atomic mass is 16.3. The van der Waals surface area contributed by atoms with Gasteiger partial charge in [-0.2, -0.15) is 0 Å². The predicted octanol–water partition coefficient (Wildman–Crippen LogP) is 6.24. The summed E-state index contributed by atoms with van der Waals surface area (Å²) in [6, 6.07) is 33.9. The van der Waals surface area contributed by atoms with Crippen LogP contribution in [0.1, 0.15) is 5.56 Å². The third-order valence-electron chi connectivity index (χ3n) is 5.19. The Morgan fingerprint density at radius 3 is 2.03 bits per heavy atom. The van der Waals surface area contributed by atoms with Gasteiger partial charge in [-0.3, -0.25) is 0 Å². The highest BCUT2D eigenvalue weighted by Gasteiger charge is 2.25. The molecule has 1 aliphatic heterocycles.